The number of benzene rings is 1. The second-order valence-corrected chi connectivity index (χ2v) is 6.18. The van der Waals surface area contributed by atoms with Crippen LogP contribution >= 0.6 is 0 Å². The third-order valence-electron chi connectivity index (χ3n) is 4.58. The van der Waals surface area contributed by atoms with Crippen molar-refractivity contribution >= 4 is 22.7 Å². The van der Waals surface area contributed by atoms with Crippen LogP contribution in [0.1, 0.15) is 37.9 Å². The monoisotopic (exact) mass is 355 g/mol. The van der Waals surface area contributed by atoms with Crippen LogP contribution in [-0.2, 0) is 23.1 Å². The lowest BCUT2D eigenvalue weighted by atomic mass is 10.1. The molecule has 136 valence electrons. The van der Waals surface area contributed by atoms with E-state index in [-0.39, 0.29) is 24.8 Å². The molecule has 0 aliphatic heterocycles. The highest BCUT2D eigenvalue weighted by molar-refractivity contribution is 6.01. The maximum absolute atomic E-state index is 12.5. The maximum Gasteiger partial charge on any atom is 0.375 e. The molecule has 0 saturated heterocycles. The van der Waals surface area contributed by atoms with Crippen LogP contribution in [0, 0.1) is 13.8 Å². The number of aryl methyl sites for hydroxylation is 1. The van der Waals surface area contributed by atoms with E-state index in [1.165, 1.54) is 0 Å². The second kappa shape index (κ2) is 7.17. The van der Waals surface area contributed by atoms with Crippen molar-refractivity contribution in [2.45, 2.75) is 20.5 Å². The van der Waals surface area contributed by atoms with Crippen molar-refractivity contribution in [3.8, 4) is 0 Å². The minimum absolute atomic E-state index is 0.0711. The fourth-order valence-electron chi connectivity index (χ4n) is 2.96. The Morgan fingerprint density at radius 3 is 2.58 bits per heavy atom. The van der Waals surface area contributed by atoms with Crippen molar-refractivity contribution in [3.63, 3.8) is 0 Å². The first-order chi connectivity index (χ1) is 12.4. The molecule has 26 heavy (non-hydrogen) atoms. The van der Waals surface area contributed by atoms with E-state index in [0.29, 0.717) is 16.7 Å². The third kappa shape index (κ3) is 3.15. The summed E-state index contributed by atoms with van der Waals surface area (Å²) < 4.78 is 17.9. The van der Waals surface area contributed by atoms with Crippen molar-refractivity contribution in [1.29, 1.82) is 0 Å². The molecule has 0 aliphatic carbocycles. The fraction of sp³-hybridized carbons (Fsp3) is 0.300. The van der Waals surface area contributed by atoms with Gasteiger partial charge in [-0.1, -0.05) is 18.2 Å². The summed E-state index contributed by atoms with van der Waals surface area (Å²) in [5.74, 6) is -0.849. The van der Waals surface area contributed by atoms with Crippen LogP contribution in [-0.4, -0.2) is 30.0 Å². The number of para-hydroxylation sites is 1. The molecule has 2 aromatic heterocycles. The van der Waals surface area contributed by atoms with Crippen molar-refractivity contribution in [1.82, 2.24) is 4.57 Å². The summed E-state index contributed by atoms with van der Waals surface area (Å²) >= 11 is 0. The van der Waals surface area contributed by atoms with E-state index in [9.17, 15) is 9.59 Å². The number of fused-ring (bicyclic) bond motifs is 1. The summed E-state index contributed by atoms with van der Waals surface area (Å²) in [5, 5.41) is 0.794. The number of nitrogens with zero attached hydrogens (tertiary/aromatic N) is 1. The Bertz CT molecular complexity index is 980. The first-order valence-corrected chi connectivity index (χ1v) is 8.26. The number of rotatable bonds is 6. The van der Waals surface area contributed by atoms with Crippen LogP contribution < -0.4 is 0 Å². The average molecular weight is 355 g/mol. The number of methoxy groups -OCH3 is 1. The maximum atomic E-state index is 12.5. The minimum atomic E-state index is -0.674. The standard InChI is InChI=1S/C20H21NO5/c1-12-9-15(13(2)21(12)3)17(22)11-25-20(23)19-16(10-24-4)14-7-5-6-8-18(14)26-19/h5-9H,10-11H2,1-4H3. The Kier molecular flexibility index (Phi) is 4.95. The number of carbonyl (C=O) groups excluding carboxylic acids is 2. The van der Waals surface area contributed by atoms with Crippen LogP contribution in [0.15, 0.2) is 34.7 Å². The van der Waals surface area contributed by atoms with Crippen molar-refractivity contribution in [2.75, 3.05) is 13.7 Å². The van der Waals surface area contributed by atoms with Crippen molar-refractivity contribution < 1.29 is 23.5 Å². The van der Waals surface area contributed by atoms with Gasteiger partial charge in [-0.3, -0.25) is 4.79 Å². The molecule has 0 saturated carbocycles. The van der Waals surface area contributed by atoms with Gasteiger partial charge in [0, 0.05) is 42.1 Å². The molecular weight excluding hydrogens is 334 g/mol. The van der Waals surface area contributed by atoms with E-state index in [1.807, 2.05) is 43.7 Å². The van der Waals surface area contributed by atoms with Gasteiger partial charge >= 0.3 is 5.97 Å². The Morgan fingerprint density at radius 2 is 1.92 bits per heavy atom. The highest BCUT2D eigenvalue weighted by atomic mass is 16.5. The summed E-state index contributed by atoms with van der Waals surface area (Å²) in [5.41, 5.74) is 3.56. The Hall–Kier alpha value is -2.86. The lowest BCUT2D eigenvalue weighted by Crippen LogP contribution is -2.15. The fourth-order valence-corrected chi connectivity index (χ4v) is 2.96. The summed E-state index contributed by atoms with van der Waals surface area (Å²) in [7, 11) is 3.43. The normalized spacial score (nSPS) is 11.1. The van der Waals surface area contributed by atoms with E-state index in [1.54, 1.807) is 19.2 Å². The van der Waals surface area contributed by atoms with Gasteiger partial charge in [0.05, 0.1) is 6.61 Å². The van der Waals surface area contributed by atoms with E-state index < -0.39 is 5.97 Å². The van der Waals surface area contributed by atoms with E-state index >= 15 is 0 Å². The molecule has 3 rings (SSSR count). The number of hydrogen-bond acceptors (Lipinski definition) is 5. The average Bonchev–Trinajstić information content (AvgIpc) is 3.13. The van der Waals surface area contributed by atoms with Crippen LogP contribution in [0.4, 0.5) is 0 Å². The number of carbonyl (C=O) groups is 2. The molecular formula is C20H21NO5. The number of furan rings is 1. The molecule has 1 aromatic carbocycles. The highest BCUT2D eigenvalue weighted by Crippen LogP contribution is 2.27. The van der Waals surface area contributed by atoms with E-state index in [2.05, 4.69) is 0 Å². The van der Waals surface area contributed by atoms with E-state index in [4.69, 9.17) is 13.9 Å². The van der Waals surface area contributed by atoms with Gasteiger partial charge in [-0.05, 0) is 26.0 Å². The number of ketones is 1. The molecule has 0 spiro atoms. The van der Waals surface area contributed by atoms with Crippen LogP contribution in [0.2, 0.25) is 0 Å². The van der Waals surface area contributed by atoms with Gasteiger partial charge in [-0.25, -0.2) is 4.79 Å². The smallest absolute Gasteiger partial charge is 0.375 e. The lowest BCUT2D eigenvalue weighted by molar-refractivity contribution is 0.0441. The van der Waals surface area contributed by atoms with Gasteiger partial charge in [0.15, 0.2) is 6.61 Å². The van der Waals surface area contributed by atoms with Crippen LogP contribution in [0.3, 0.4) is 0 Å². The Labute approximate surface area is 151 Å². The summed E-state index contributed by atoms with van der Waals surface area (Å²) in [6, 6.07) is 9.10. The topological polar surface area (TPSA) is 70.7 Å². The highest BCUT2D eigenvalue weighted by Gasteiger charge is 2.23. The molecule has 6 nitrogen and oxygen atoms in total. The zero-order chi connectivity index (χ0) is 18.8. The van der Waals surface area contributed by atoms with Gasteiger partial charge in [0.25, 0.3) is 0 Å². The lowest BCUT2D eigenvalue weighted by Gasteiger charge is -2.05. The molecule has 0 amide bonds. The largest absolute Gasteiger partial charge is 0.451 e. The van der Waals surface area contributed by atoms with Crippen molar-refractivity contribution in [3.05, 3.63) is 58.6 Å². The molecule has 3 aromatic rings. The van der Waals surface area contributed by atoms with Gasteiger partial charge < -0.3 is 18.5 Å². The molecule has 6 heteroatoms. The molecule has 0 radical (unpaired) electrons. The summed E-state index contributed by atoms with van der Waals surface area (Å²) in [6.45, 7) is 3.65. The quantitative estimate of drug-likeness (QED) is 0.499. The zero-order valence-corrected chi connectivity index (χ0v) is 15.3. The molecule has 0 bridgehead atoms. The first-order valence-electron chi connectivity index (χ1n) is 8.26. The summed E-state index contributed by atoms with van der Waals surface area (Å²) in [6.07, 6.45) is 0. The first kappa shape index (κ1) is 17.9. The molecule has 0 fully saturated rings. The van der Waals surface area contributed by atoms with Gasteiger partial charge in [0.2, 0.25) is 11.5 Å². The second-order valence-electron chi connectivity index (χ2n) is 6.18. The molecule has 0 unspecified atom stereocenters. The molecule has 2 heterocycles. The van der Waals surface area contributed by atoms with Crippen molar-refractivity contribution in [2.24, 2.45) is 7.05 Å². The number of Topliss-reactive ketones (excluding diaryl/α,β-unsaturated/α-hetero) is 1. The van der Waals surface area contributed by atoms with Gasteiger partial charge in [-0.2, -0.15) is 0 Å². The number of esters is 1. The van der Waals surface area contributed by atoms with Gasteiger partial charge in [-0.15, -0.1) is 0 Å². The Morgan fingerprint density at radius 1 is 1.19 bits per heavy atom. The van der Waals surface area contributed by atoms with Crippen LogP contribution in [0.5, 0.6) is 0 Å². The SMILES string of the molecule is COCc1c(C(=O)OCC(=O)c2cc(C)n(C)c2C)oc2ccccc12. The number of hydrogen-bond donors (Lipinski definition) is 0. The minimum Gasteiger partial charge on any atom is -0.451 e. The predicted molar refractivity (Wildman–Crippen MR) is 96.4 cm³/mol. The molecule has 0 atom stereocenters. The molecule has 0 N–H and O–H groups in total. The van der Waals surface area contributed by atoms with Gasteiger partial charge in [0.1, 0.15) is 5.58 Å². The van der Waals surface area contributed by atoms with Crippen LogP contribution in [0.25, 0.3) is 11.0 Å². The zero-order valence-electron chi connectivity index (χ0n) is 15.3. The summed E-state index contributed by atoms with van der Waals surface area (Å²) in [4.78, 5) is 24.9. The Balaban J connectivity index is 1.80. The third-order valence-corrected chi connectivity index (χ3v) is 4.58. The number of aromatic nitrogens is 1. The predicted octanol–water partition coefficient (Wildman–Crippen LogP) is 3.57. The number of ether oxygens (including phenoxy) is 2. The van der Waals surface area contributed by atoms with E-state index in [0.717, 1.165) is 16.8 Å². The molecule has 0 aliphatic rings.